The third-order valence-electron chi connectivity index (χ3n) is 17.6. The molecule has 4 heterocycles. The quantitative estimate of drug-likeness (QED) is 0.0239. The van der Waals surface area contributed by atoms with Crippen molar-refractivity contribution >= 4 is 111 Å². The Morgan fingerprint density at radius 3 is 1.59 bits per heavy atom. The number of piperidine rings is 1. The first-order valence-electron chi connectivity index (χ1n) is 34.9. The van der Waals surface area contributed by atoms with Crippen molar-refractivity contribution in [3.05, 3.63) is 54.2 Å². The van der Waals surface area contributed by atoms with Crippen LogP contribution in [0.5, 0.6) is 0 Å². The first kappa shape index (κ1) is 86.0. The number of nitrogens with one attached hydrogen (secondary N) is 11. The Balaban J connectivity index is 1.25. The van der Waals surface area contributed by atoms with Crippen molar-refractivity contribution in [3.63, 3.8) is 0 Å². The molecule has 105 heavy (non-hydrogen) atoms. The Hall–Kier alpha value is -9.63. The average molecular weight is 1490 g/mol. The van der Waals surface area contributed by atoms with Crippen molar-refractivity contribution in [2.75, 3.05) is 117 Å². The largest absolute Gasteiger partial charge is 0.480 e. The average Bonchev–Trinajstić information content (AvgIpc) is 1.68. The summed E-state index contributed by atoms with van der Waals surface area (Å²) in [5, 5.41) is 52.5. The van der Waals surface area contributed by atoms with Crippen molar-refractivity contribution < 1.29 is 87.2 Å². The predicted octanol–water partition coefficient (Wildman–Crippen LogP) is -4.76. The number of aliphatic carboxylic acids is 3. The lowest BCUT2D eigenvalue weighted by molar-refractivity contribution is -0.144. The maximum Gasteiger partial charge on any atom is 0.317 e. The Morgan fingerprint density at radius 1 is 0.552 bits per heavy atom. The molecule has 2 fully saturated rings. The highest BCUT2D eigenvalue weighted by molar-refractivity contribution is 7.98. The molecule has 0 spiro atoms. The molecule has 1 unspecified atom stereocenters. The number of carbonyl (C=O) groups is 15. The number of hydrogen-bond donors (Lipinski definition) is 16. The van der Waals surface area contributed by atoms with Gasteiger partial charge in [0.15, 0.2) is 0 Å². The van der Waals surface area contributed by atoms with Crippen molar-refractivity contribution in [3.8, 4) is 0 Å². The number of amides is 12. The second-order valence-electron chi connectivity index (χ2n) is 26.8. The second kappa shape index (κ2) is 43.6. The molecule has 0 aliphatic carbocycles. The van der Waals surface area contributed by atoms with Gasteiger partial charge < -0.3 is 84.2 Å². The van der Waals surface area contributed by atoms with Gasteiger partial charge >= 0.3 is 17.9 Å². The van der Waals surface area contributed by atoms with E-state index in [4.69, 9.17) is 11.5 Å². The Labute approximate surface area is 612 Å². The number of imidazole rings is 1. The van der Waals surface area contributed by atoms with E-state index in [1.54, 1.807) is 84.0 Å². The summed E-state index contributed by atoms with van der Waals surface area (Å²) in [6, 6.07) is -2.79. The first-order valence-corrected chi connectivity index (χ1v) is 36.3. The maximum atomic E-state index is 14.4. The lowest BCUT2D eigenvalue weighted by atomic mass is 9.95. The first-order chi connectivity index (χ1) is 49.8. The van der Waals surface area contributed by atoms with E-state index in [1.807, 2.05) is 0 Å². The fraction of sp³-hybridized carbons (Fsp3) is 0.612. The molecule has 2 aromatic heterocycles. The Bertz CT molecular complexity index is 3450. The lowest BCUT2D eigenvalue weighted by Crippen LogP contribution is -2.60. The molecule has 0 bridgehead atoms. The molecule has 38 heteroatoms. The Kier molecular flexibility index (Phi) is 35.7. The second-order valence-corrected chi connectivity index (χ2v) is 27.8. The van der Waals surface area contributed by atoms with Gasteiger partial charge in [0.1, 0.15) is 48.2 Å². The monoisotopic (exact) mass is 1490 g/mol. The summed E-state index contributed by atoms with van der Waals surface area (Å²) >= 11 is 1.34. The summed E-state index contributed by atoms with van der Waals surface area (Å²) in [4.78, 5) is 219. The molecule has 18 N–H and O–H groups in total. The fourth-order valence-electron chi connectivity index (χ4n) is 11.9. The molecule has 580 valence electrons. The van der Waals surface area contributed by atoms with E-state index < -0.39 is 182 Å². The summed E-state index contributed by atoms with van der Waals surface area (Å²) in [6.07, 6.45) is 7.43. The van der Waals surface area contributed by atoms with Crippen molar-refractivity contribution in [2.45, 2.75) is 128 Å². The number of aromatic amines is 2. The third kappa shape index (κ3) is 29.8. The number of nitrogens with zero attached hydrogens (tertiary/aromatic N) is 6. The van der Waals surface area contributed by atoms with Crippen LogP contribution < -0.4 is 59.3 Å². The van der Waals surface area contributed by atoms with Crippen LogP contribution in [-0.4, -0.2) is 303 Å². The van der Waals surface area contributed by atoms with E-state index in [1.165, 1.54) is 36.1 Å². The van der Waals surface area contributed by atoms with Crippen LogP contribution in [0, 0.1) is 17.8 Å². The highest BCUT2D eigenvalue weighted by Crippen LogP contribution is 2.21. The molecule has 5 rings (SSSR count). The minimum atomic E-state index is -1.60. The minimum absolute atomic E-state index is 0.0192. The number of aromatic nitrogens is 3. The molecule has 1 aromatic carbocycles. The van der Waals surface area contributed by atoms with Crippen LogP contribution in [0.4, 0.5) is 0 Å². The van der Waals surface area contributed by atoms with E-state index in [0.29, 0.717) is 53.8 Å². The number of rotatable bonds is 39. The van der Waals surface area contributed by atoms with Gasteiger partial charge in [-0.2, -0.15) is 11.8 Å². The SMILES string of the molecule is CSCC[C@H](NC(=O)[C@H](CC(C)C)NC(=O)[C@H](Cc1cnc[nH]1)NC(=O)CNC(=O)[C@@H](NC(=O)[C@H](C)NC(=O)[C@H](Cc1c[nH]c2ccccc12)NC(=O)[C@H](CC(C(N)=O)C(=O)N1CCCCC1)NC(=O)CN)C(C)C)C(=O)NC(=O)CN1CCN(CC(=O)O)CCN(CC(=O)O)CCN(CC(=O)O)CC1. The molecular formula is C67H103N19O18S. The van der Waals surface area contributed by atoms with Gasteiger partial charge in [0.05, 0.1) is 45.6 Å². The number of carboxylic acid groups (broad SMARTS) is 3. The maximum absolute atomic E-state index is 14.4. The number of primary amides is 1. The number of imide groups is 1. The van der Waals surface area contributed by atoms with Crippen molar-refractivity contribution in [1.29, 1.82) is 0 Å². The van der Waals surface area contributed by atoms with E-state index in [2.05, 4.69) is 62.8 Å². The number of fused-ring (bicyclic) bond motifs is 1. The summed E-state index contributed by atoms with van der Waals surface area (Å²) < 4.78 is 0. The zero-order valence-corrected chi connectivity index (χ0v) is 61.0. The van der Waals surface area contributed by atoms with Crippen LogP contribution in [0.3, 0.4) is 0 Å². The molecule has 2 aliphatic rings. The van der Waals surface area contributed by atoms with E-state index in [-0.39, 0.29) is 90.5 Å². The normalized spacial score (nSPS) is 16.8. The van der Waals surface area contributed by atoms with Gasteiger partial charge in [-0.05, 0) is 80.9 Å². The van der Waals surface area contributed by atoms with Gasteiger partial charge in [-0.25, -0.2) is 4.98 Å². The molecule has 3 aromatic rings. The number of likely N-dealkylation sites (tertiary alicyclic amines) is 1. The van der Waals surface area contributed by atoms with Crippen molar-refractivity contribution in [2.24, 2.45) is 29.2 Å². The molecule has 8 atom stereocenters. The van der Waals surface area contributed by atoms with Crippen LogP contribution in [0.1, 0.15) is 84.4 Å². The molecule has 2 saturated heterocycles. The number of para-hydroxylation sites is 1. The van der Waals surface area contributed by atoms with Crippen LogP contribution in [0.2, 0.25) is 0 Å². The highest BCUT2D eigenvalue weighted by Gasteiger charge is 2.39. The number of carboxylic acids is 3. The number of H-pyrrole nitrogens is 2. The Morgan fingerprint density at radius 2 is 1.07 bits per heavy atom. The number of hydrogen-bond acceptors (Lipinski definition) is 22. The van der Waals surface area contributed by atoms with Gasteiger partial charge in [0.2, 0.25) is 70.9 Å². The molecule has 37 nitrogen and oxygen atoms in total. The van der Waals surface area contributed by atoms with Gasteiger partial charge in [0, 0.05) is 107 Å². The molecule has 12 amide bonds. The van der Waals surface area contributed by atoms with Gasteiger partial charge in [-0.1, -0.05) is 45.9 Å². The minimum Gasteiger partial charge on any atom is -0.480 e. The summed E-state index contributed by atoms with van der Waals surface area (Å²) in [5.74, 6) is -15.8. The summed E-state index contributed by atoms with van der Waals surface area (Å²) in [5.41, 5.74) is 13.0. The van der Waals surface area contributed by atoms with E-state index >= 15 is 0 Å². The zero-order valence-electron chi connectivity index (χ0n) is 60.2. The van der Waals surface area contributed by atoms with Gasteiger partial charge in [-0.15, -0.1) is 0 Å². The zero-order chi connectivity index (χ0) is 77.4. The summed E-state index contributed by atoms with van der Waals surface area (Å²) in [6.45, 7) is 6.83. The third-order valence-corrected chi connectivity index (χ3v) is 18.3. The fourth-order valence-corrected chi connectivity index (χ4v) is 12.4. The number of benzene rings is 1. The predicted molar refractivity (Wildman–Crippen MR) is 382 cm³/mol. The summed E-state index contributed by atoms with van der Waals surface area (Å²) in [7, 11) is 0. The van der Waals surface area contributed by atoms with Gasteiger partial charge in [-0.3, -0.25) is 96.8 Å². The highest BCUT2D eigenvalue weighted by atomic mass is 32.2. The molecule has 0 radical (unpaired) electrons. The van der Waals surface area contributed by atoms with Crippen LogP contribution >= 0.6 is 11.8 Å². The molecular weight excluding hydrogens is 1390 g/mol. The lowest BCUT2D eigenvalue weighted by Gasteiger charge is -2.32. The number of thioether (sulfide) groups is 1. The number of nitrogens with two attached hydrogens (primary N) is 2. The van der Waals surface area contributed by atoms with Crippen molar-refractivity contribution in [1.82, 2.24) is 87.3 Å². The van der Waals surface area contributed by atoms with E-state index in [0.717, 1.165) is 6.42 Å². The molecule has 2 aliphatic heterocycles. The van der Waals surface area contributed by atoms with Crippen LogP contribution in [0.15, 0.2) is 43.0 Å². The van der Waals surface area contributed by atoms with Gasteiger partial charge in [0.25, 0.3) is 0 Å². The van der Waals surface area contributed by atoms with Crippen LogP contribution in [-0.2, 0) is 84.8 Å². The van der Waals surface area contributed by atoms with Crippen LogP contribution in [0.25, 0.3) is 10.9 Å². The number of carbonyl (C=O) groups excluding carboxylic acids is 12. The smallest absolute Gasteiger partial charge is 0.317 e. The molecule has 0 saturated carbocycles. The van der Waals surface area contributed by atoms with E-state index in [9.17, 15) is 87.2 Å². The topological polar surface area (TPSA) is 538 Å². The standard InChI is InChI=1S/C67H103N19O18S/c1-39(2)26-48(63(100)77-47(14-25-105-6)61(98)80-54(89)34-82-17-19-83(35-55(90)91)21-23-85(37-57(94)95)24-22-84(20-18-82)36-56(92)93)78-64(101)50(28-43-32-70-38-73-43)76-53(88)33-72-66(103)58(40(3)4)81-60(97)41(5)74-62(99)49(27-42-31-71-46-13-9-8-12-44(42)46)79-65(102)51(75-52(87)30-68)29-45(59(69)96)67(104)86-15-10-7-11-16-86/h8-9,12-13,31-32,38-41,45,47-51,58,71H,7,10-11,14-30,33-37,68H2,1-6H3,(H2,69,96)(H,70,73)(H,72,103)(H,74,99)(H,75,87)(H,76,88)(H,77,100)(H,78,101)(H,79,102)(H,81,97)(H,90,91)(H,92,93)(H,94,95)(H,80,89,98)/t41-,45?,47-,48-,49-,50-,51-,58-/m0/s1.